The lowest BCUT2D eigenvalue weighted by atomic mass is 10.1. The van der Waals surface area contributed by atoms with E-state index in [4.69, 9.17) is 63.3 Å². The molecule has 0 saturated carbocycles. The molecule has 0 bridgehead atoms. The smallest absolute Gasteiger partial charge is 0.394 e. The summed E-state index contributed by atoms with van der Waals surface area (Å²) >= 11 is 0. The summed E-state index contributed by atoms with van der Waals surface area (Å²) in [4.78, 5) is 128. The molecular formula is C39H48N17O27P3. The van der Waals surface area contributed by atoms with E-state index in [0.29, 0.717) is 4.57 Å². The normalized spacial score (nSPS) is 31.7. The van der Waals surface area contributed by atoms with Gasteiger partial charge in [0.2, 0.25) is 17.8 Å². The van der Waals surface area contributed by atoms with Gasteiger partial charge in [0.05, 0.1) is 45.4 Å². The number of aromatic amines is 4. The SMILES string of the molecule is Nc1nc2c(ncn2[C@@H]2O[C@H](CO)[C@@H](OP(=O)(O)OC[C@H]3O[C@@H](n4cnc5c(=O)[nH]c(N)nc54)[C@H](O)[C@@H]3OP(=O)(O)OC[C@H]3O[C@@H](n4cnc5c(=O)[nH]c(N)nc54)[C@H](O)[C@@H]3OP(=O)(O)OC[C@H]3O[C@@H](n4ccc(=O)[nH]c4=O)[C@H](O)[C@@H]3O)[C@H]2O)c(=O)[nH]1. The molecule has 86 heavy (non-hydrogen) atoms. The van der Waals surface area contributed by atoms with Crippen LogP contribution in [0, 0.1) is 0 Å². The van der Waals surface area contributed by atoms with Crippen molar-refractivity contribution in [3.8, 4) is 0 Å². The lowest BCUT2D eigenvalue weighted by Crippen LogP contribution is -2.38. The third-order valence-corrected chi connectivity index (χ3v) is 16.7. The summed E-state index contributed by atoms with van der Waals surface area (Å²) < 4.78 is 99.7. The number of H-pyrrole nitrogens is 4. The number of hydrogen-bond donors (Lipinski definition) is 16. The minimum Gasteiger partial charge on any atom is -0.394 e. The van der Waals surface area contributed by atoms with E-state index in [2.05, 4.69) is 44.9 Å². The van der Waals surface area contributed by atoms with Gasteiger partial charge in [-0.1, -0.05) is 0 Å². The van der Waals surface area contributed by atoms with Gasteiger partial charge >= 0.3 is 29.2 Å². The molecule has 3 unspecified atom stereocenters. The number of nitrogens with two attached hydrogens (primary N) is 3. The Bertz CT molecular complexity index is 4190. The van der Waals surface area contributed by atoms with Crippen molar-refractivity contribution in [3.63, 3.8) is 0 Å². The van der Waals surface area contributed by atoms with Crippen LogP contribution in [0.2, 0.25) is 0 Å². The zero-order chi connectivity index (χ0) is 61.6. The largest absolute Gasteiger partial charge is 0.472 e. The monoisotopic (exact) mass is 1280 g/mol. The lowest BCUT2D eigenvalue weighted by molar-refractivity contribution is -0.0641. The fraction of sp³-hybridized carbons (Fsp3) is 0.513. The standard InChI is InChI=1S/C39H48N17O27P3/c40-36-47-26-15(29(64)50-36)43-7-54(26)33-20(61)23(10(3-57)77-33)81-85(70,71)75-5-12-25(22(63)35(79-12)56-9-45-17-28(56)49-38(42)52-31(17)66)83-86(72,73)76-6-13-24(21(62)34(80-13)55-8-44-16-27(55)48-37(41)51-30(16)65)82-84(68,69)74-4-11-18(59)19(60)32(78-11)53-2-1-14(58)46-39(53)67/h1-2,7-13,18-25,32-35,57,59-63H,3-6H2,(H,68,69)(H,70,71)(H,72,73)(H,46,58,67)(H3,40,47,50,64)(H3,41,48,51,65)(H3,42,49,52,66)/t10-,11-,12-,13-,18-,19-,20-,21-,22-,23-,24-,25-,32-,33-,34-,35-/m1/s1. The number of phosphoric ester groups is 3. The van der Waals surface area contributed by atoms with Gasteiger partial charge in [-0.15, -0.1) is 0 Å². The Hall–Kier alpha value is -6.94. The maximum absolute atomic E-state index is 14.1. The van der Waals surface area contributed by atoms with Crippen LogP contribution < -0.4 is 45.1 Å². The van der Waals surface area contributed by atoms with Crippen molar-refractivity contribution in [2.45, 2.75) is 98.2 Å². The quantitative estimate of drug-likeness (QED) is 0.0315. The molecule has 0 aliphatic carbocycles. The van der Waals surface area contributed by atoms with Crippen LogP contribution in [0.4, 0.5) is 17.8 Å². The van der Waals surface area contributed by atoms with Crippen LogP contribution in [-0.2, 0) is 59.8 Å². The highest BCUT2D eigenvalue weighted by Gasteiger charge is 2.55. The number of hydrogen-bond acceptors (Lipinski definition) is 33. The van der Waals surface area contributed by atoms with E-state index in [9.17, 15) is 83.0 Å². The number of anilines is 3. The van der Waals surface area contributed by atoms with Crippen LogP contribution in [0.5, 0.6) is 0 Å². The van der Waals surface area contributed by atoms with E-state index in [1.807, 2.05) is 4.98 Å². The number of fused-ring (bicyclic) bond motifs is 3. The van der Waals surface area contributed by atoms with Crippen molar-refractivity contribution in [1.82, 2.24) is 68.1 Å². The first-order valence-corrected chi connectivity index (χ1v) is 29.2. The van der Waals surface area contributed by atoms with Gasteiger partial charge in [-0.05, 0) is 0 Å². The van der Waals surface area contributed by atoms with E-state index in [1.54, 1.807) is 0 Å². The van der Waals surface area contributed by atoms with Crippen molar-refractivity contribution >= 4 is 74.8 Å². The number of aromatic nitrogens is 14. The van der Waals surface area contributed by atoms with Crippen LogP contribution in [-0.4, -0.2) is 213 Å². The number of nitrogens with one attached hydrogen (secondary N) is 4. The topological polar surface area (TPSA) is 649 Å². The number of phosphoric acid groups is 3. The minimum absolute atomic E-state index is 0.206. The van der Waals surface area contributed by atoms with Gasteiger partial charge in [-0.2, -0.15) is 15.0 Å². The number of nitrogens with zero attached hydrogens (tertiary/aromatic N) is 10. The van der Waals surface area contributed by atoms with E-state index in [-0.39, 0.29) is 39.4 Å². The average Bonchev–Trinajstić information content (AvgIpc) is 1.72. The number of aliphatic hydroxyl groups is 6. The van der Waals surface area contributed by atoms with Crippen molar-refractivity contribution in [1.29, 1.82) is 0 Å². The molecule has 7 aromatic heterocycles. The summed E-state index contributed by atoms with van der Waals surface area (Å²) in [5, 5.41) is 66.5. The fourth-order valence-corrected chi connectivity index (χ4v) is 12.7. The minimum atomic E-state index is -5.79. The van der Waals surface area contributed by atoms with Crippen LogP contribution >= 0.6 is 23.5 Å². The summed E-state index contributed by atoms with van der Waals surface area (Å²) in [5.41, 5.74) is 11.0. The van der Waals surface area contributed by atoms with Crippen LogP contribution in [0.3, 0.4) is 0 Å². The first-order valence-electron chi connectivity index (χ1n) is 24.7. The van der Waals surface area contributed by atoms with Crippen molar-refractivity contribution in [2.24, 2.45) is 0 Å². The van der Waals surface area contributed by atoms with Gasteiger partial charge in [0, 0.05) is 12.3 Å². The Morgan fingerprint density at radius 3 is 1.20 bits per heavy atom. The van der Waals surface area contributed by atoms with Gasteiger partial charge in [0.15, 0.2) is 58.4 Å². The molecule has 47 heteroatoms. The molecule has 4 fully saturated rings. The Balaban J connectivity index is 0.827. The van der Waals surface area contributed by atoms with Crippen LogP contribution in [0.1, 0.15) is 24.9 Å². The molecule has 0 aromatic carbocycles. The maximum Gasteiger partial charge on any atom is 0.472 e. The van der Waals surface area contributed by atoms with Crippen molar-refractivity contribution in [3.05, 3.63) is 83.1 Å². The molecule has 11 rings (SSSR count). The van der Waals surface area contributed by atoms with Crippen LogP contribution in [0.15, 0.2) is 55.2 Å². The number of aliphatic hydroxyl groups excluding tert-OH is 6. The molecule has 11 heterocycles. The molecule has 19 atom stereocenters. The zero-order valence-corrected chi connectivity index (χ0v) is 45.6. The molecule has 0 radical (unpaired) electrons. The first kappa shape index (κ1) is 60.7. The van der Waals surface area contributed by atoms with E-state index in [0.717, 1.165) is 44.9 Å². The Morgan fingerprint density at radius 1 is 0.488 bits per heavy atom. The number of nitrogen functional groups attached to an aromatic ring is 3. The Morgan fingerprint density at radius 2 is 0.826 bits per heavy atom. The third-order valence-electron chi connectivity index (χ3n) is 13.7. The zero-order valence-electron chi connectivity index (χ0n) is 42.9. The predicted molar refractivity (Wildman–Crippen MR) is 274 cm³/mol. The highest BCUT2D eigenvalue weighted by atomic mass is 31.2. The molecule has 4 aliphatic rings. The molecule has 7 aromatic rings. The first-order chi connectivity index (χ1) is 40.6. The van der Waals surface area contributed by atoms with E-state index in [1.165, 1.54) is 0 Å². The highest BCUT2D eigenvalue weighted by molar-refractivity contribution is 7.48. The number of ether oxygens (including phenoxy) is 4. The summed E-state index contributed by atoms with van der Waals surface area (Å²) in [7, 11) is -16.9. The maximum atomic E-state index is 14.1. The molecule has 0 amide bonds. The third kappa shape index (κ3) is 11.6. The van der Waals surface area contributed by atoms with E-state index >= 15 is 0 Å². The van der Waals surface area contributed by atoms with Crippen molar-refractivity contribution in [2.75, 3.05) is 43.6 Å². The summed E-state index contributed by atoms with van der Waals surface area (Å²) in [5.74, 6) is -1.26. The van der Waals surface area contributed by atoms with E-state index < -0.39 is 188 Å². The predicted octanol–water partition coefficient (Wildman–Crippen LogP) is -7.42. The molecule has 19 N–H and O–H groups in total. The average molecular weight is 1280 g/mol. The lowest BCUT2D eigenvalue weighted by Gasteiger charge is -2.26. The fourth-order valence-electron chi connectivity index (χ4n) is 9.82. The molecule has 466 valence electrons. The summed E-state index contributed by atoms with van der Waals surface area (Å²) in [6.45, 7) is -4.57. The summed E-state index contributed by atoms with van der Waals surface area (Å²) in [6.07, 6.45) is -26.8. The van der Waals surface area contributed by atoms with Gasteiger partial charge in [-0.25, -0.2) is 33.4 Å². The Kier molecular flexibility index (Phi) is 16.2. The van der Waals surface area contributed by atoms with Gasteiger partial charge < -0.3 is 81.5 Å². The van der Waals surface area contributed by atoms with Crippen LogP contribution in [0.25, 0.3) is 33.5 Å². The number of imidazole rings is 3. The van der Waals surface area contributed by atoms with Gasteiger partial charge in [0.25, 0.3) is 22.2 Å². The number of rotatable bonds is 20. The molecule has 4 saturated heterocycles. The Labute approximate surface area is 472 Å². The van der Waals surface area contributed by atoms with Gasteiger partial charge in [0.1, 0.15) is 73.2 Å². The van der Waals surface area contributed by atoms with Crippen molar-refractivity contribution < 1.29 is 105 Å². The molecule has 4 aliphatic heterocycles. The summed E-state index contributed by atoms with van der Waals surface area (Å²) in [6, 6.07) is 0.901. The molecule has 44 nitrogen and oxygen atoms in total. The highest BCUT2D eigenvalue weighted by Crippen LogP contribution is 2.54. The second-order valence-corrected chi connectivity index (χ2v) is 23.5. The second kappa shape index (κ2) is 23.0. The second-order valence-electron chi connectivity index (χ2n) is 19.2. The van der Waals surface area contributed by atoms with Gasteiger partial charge in [-0.3, -0.25) is 84.5 Å². The molecule has 0 spiro atoms. The molecular weight excluding hydrogens is 1230 g/mol.